The topological polar surface area (TPSA) is 140 Å². The number of hydrogen-bond donors (Lipinski definition) is 6. The Balaban J connectivity index is 2.05. The number of benzene rings is 2. The van der Waals surface area contributed by atoms with Crippen LogP contribution >= 0.6 is 0 Å². The zero-order chi connectivity index (χ0) is 26.0. The third kappa shape index (κ3) is 7.54. The summed E-state index contributed by atoms with van der Waals surface area (Å²) in [6.45, 7) is 0.660. The molecule has 0 saturated carbocycles. The van der Waals surface area contributed by atoms with Gasteiger partial charge in [0.2, 0.25) is 0 Å². The van der Waals surface area contributed by atoms with Crippen LogP contribution in [0.5, 0.6) is 0 Å². The number of halogens is 2. The molecule has 9 nitrogen and oxygen atoms in total. The van der Waals surface area contributed by atoms with E-state index in [1.807, 2.05) is 5.32 Å². The number of anilines is 1. The van der Waals surface area contributed by atoms with Gasteiger partial charge in [0.25, 0.3) is 18.2 Å². The molecule has 6 N–H and O–H groups in total. The number of hydroxylamine groups is 1. The minimum Gasteiger partial charge on any atom is -0.381 e. The molecule has 0 aliphatic rings. The maximum Gasteiger partial charge on any atom is 0.318 e. The predicted octanol–water partition coefficient (Wildman–Crippen LogP) is 1.46. The smallest absolute Gasteiger partial charge is 0.318 e. The van der Waals surface area contributed by atoms with Gasteiger partial charge < -0.3 is 21.1 Å². The van der Waals surface area contributed by atoms with Crippen LogP contribution in [0.15, 0.2) is 48.5 Å². The second-order valence-electron chi connectivity index (χ2n) is 7.27. The average molecular weight is 484 g/mol. The first kappa shape index (κ1) is 26.8. The molecular weight excluding hydrogens is 462 g/mol. The second kappa shape index (κ2) is 12.1. The molecule has 0 spiro atoms. The summed E-state index contributed by atoms with van der Waals surface area (Å²) in [5.41, 5.74) is 0.0156. The van der Waals surface area contributed by atoms with E-state index in [1.165, 1.54) is 31.3 Å². The Bertz CT molecular complexity index is 1190. The van der Waals surface area contributed by atoms with Gasteiger partial charge in [0.15, 0.2) is 5.60 Å². The number of nitrogens with one attached hydrogen (secondary N) is 4. The number of aliphatic hydroxyl groups is 1. The van der Waals surface area contributed by atoms with Crippen LogP contribution in [0, 0.1) is 23.7 Å². The van der Waals surface area contributed by atoms with E-state index in [0.717, 1.165) is 5.48 Å². The number of amides is 4. The molecule has 0 fully saturated rings. The third-order valence-corrected chi connectivity index (χ3v) is 4.67. The molecule has 182 valence electrons. The number of hydrogen-bond acceptors (Lipinski definition) is 5. The van der Waals surface area contributed by atoms with E-state index >= 15 is 0 Å². The molecule has 2 atom stereocenters. The highest BCUT2D eigenvalue weighted by atomic mass is 19.3. The van der Waals surface area contributed by atoms with E-state index in [9.17, 15) is 28.3 Å². The fraction of sp³-hybridized carbons (Fsp3) is 0.208. The number of carbonyl (C=O) groups is 3. The van der Waals surface area contributed by atoms with Crippen LogP contribution in [-0.4, -0.2) is 53.3 Å². The van der Waals surface area contributed by atoms with E-state index in [2.05, 4.69) is 34.3 Å². The molecule has 1 unspecified atom stereocenters. The summed E-state index contributed by atoms with van der Waals surface area (Å²) < 4.78 is 26.2. The van der Waals surface area contributed by atoms with Gasteiger partial charge in [-0.3, -0.25) is 14.8 Å². The van der Waals surface area contributed by atoms with Gasteiger partial charge in [-0.2, -0.15) is 0 Å². The van der Waals surface area contributed by atoms with Crippen molar-refractivity contribution in [1.82, 2.24) is 16.1 Å². The highest BCUT2D eigenvalue weighted by Gasteiger charge is 2.46. The standard InChI is InChI=1S/C24H22F2N4O5/c1-24(34,22(25)26)19(21(32)30-35)29-20(31)17-11-7-15(8-12-17)5-3-4-6-16-9-13-18(14-10-16)28-23(33)27-2/h7-14,19,22,34-35H,1-2H3,(H,29,31)(H,30,32)(H2,27,28,33)/t19-,24?/m1/s1. The van der Waals surface area contributed by atoms with Crippen LogP contribution in [0.4, 0.5) is 19.3 Å². The summed E-state index contributed by atoms with van der Waals surface area (Å²) in [5.74, 6) is 8.62. The molecule has 2 rings (SSSR count). The predicted molar refractivity (Wildman–Crippen MR) is 123 cm³/mol. The maximum absolute atomic E-state index is 13.1. The Kier molecular flexibility index (Phi) is 9.29. The van der Waals surface area contributed by atoms with Crippen LogP contribution < -0.4 is 21.4 Å². The lowest BCUT2D eigenvalue weighted by molar-refractivity contribution is -0.149. The molecule has 2 aromatic carbocycles. The molecule has 0 radical (unpaired) electrons. The monoisotopic (exact) mass is 484 g/mol. The molecule has 0 aliphatic heterocycles. The van der Waals surface area contributed by atoms with Crippen molar-refractivity contribution in [2.75, 3.05) is 12.4 Å². The Morgan fingerprint density at radius 1 is 0.943 bits per heavy atom. The minimum absolute atomic E-state index is 0.00731. The first-order valence-corrected chi connectivity index (χ1v) is 10.0. The first-order chi connectivity index (χ1) is 16.6. The Labute approximate surface area is 199 Å². The van der Waals surface area contributed by atoms with Crippen LogP contribution in [0.25, 0.3) is 0 Å². The van der Waals surface area contributed by atoms with Gasteiger partial charge in [-0.1, -0.05) is 11.8 Å². The lowest BCUT2D eigenvalue weighted by Gasteiger charge is -2.30. The molecule has 0 saturated heterocycles. The van der Waals surface area contributed by atoms with Gasteiger partial charge >= 0.3 is 6.03 Å². The lowest BCUT2D eigenvalue weighted by Crippen LogP contribution is -2.61. The van der Waals surface area contributed by atoms with E-state index in [0.29, 0.717) is 23.7 Å². The number of rotatable bonds is 6. The van der Waals surface area contributed by atoms with Crippen LogP contribution in [-0.2, 0) is 4.79 Å². The van der Waals surface area contributed by atoms with Crippen molar-refractivity contribution in [1.29, 1.82) is 0 Å². The van der Waals surface area contributed by atoms with Gasteiger partial charge in [-0.15, -0.1) is 0 Å². The molecule has 0 aromatic heterocycles. The molecule has 11 heteroatoms. The second-order valence-corrected chi connectivity index (χ2v) is 7.27. The molecule has 0 aliphatic carbocycles. The van der Waals surface area contributed by atoms with Crippen molar-refractivity contribution in [2.45, 2.75) is 25.0 Å². The summed E-state index contributed by atoms with van der Waals surface area (Å²) in [5, 5.41) is 25.7. The quantitative estimate of drug-likeness (QED) is 0.209. The Hall–Kier alpha value is -4.45. The normalized spacial score (nSPS) is 12.5. The van der Waals surface area contributed by atoms with Crippen molar-refractivity contribution in [3.63, 3.8) is 0 Å². The Morgan fingerprint density at radius 3 is 1.91 bits per heavy atom. The molecule has 0 heterocycles. The fourth-order valence-corrected chi connectivity index (χ4v) is 2.62. The lowest BCUT2D eigenvalue weighted by atomic mass is 9.95. The fourth-order valence-electron chi connectivity index (χ4n) is 2.62. The Morgan fingerprint density at radius 2 is 1.46 bits per heavy atom. The summed E-state index contributed by atoms with van der Waals surface area (Å²) >= 11 is 0. The van der Waals surface area contributed by atoms with E-state index in [4.69, 9.17) is 5.21 Å². The van der Waals surface area contributed by atoms with Crippen LogP contribution in [0.1, 0.15) is 28.4 Å². The average Bonchev–Trinajstić information content (AvgIpc) is 2.85. The number of carbonyl (C=O) groups excluding carboxylic acids is 3. The summed E-state index contributed by atoms with van der Waals surface area (Å²) in [6, 6.07) is 10.00. The molecule has 0 bridgehead atoms. The third-order valence-electron chi connectivity index (χ3n) is 4.67. The SMILES string of the molecule is CNC(=O)Nc1ccc(C#CC#Cc2ccc(C(=O)N[C@H](C(=O)NO)C(C)(O)C(F)F)cc2)cc1. The van der Waals surface area contributed by atoms with Gasteiger partial charge in [0.05, 0.1) is 0 Å². The highest BCUT2D eigenvalue weighted by molar-refractivity contribution is 5.98. The molecule has 35 heavy (non-hydrogen) atoms. The minimum atomic E-state index is -3.37. The van der Waals surface area contributed by atoms with Crippen LogP contribution in [0.2, 0.25) is 0 Å². The van der Waals surface area contributed by atoms with Gasteiger partial charge in [0.1, 0.15) is 6.04 Å². The van der Waals surface area contributed by atoms with Crippen molar-refractivity contribution in [3.05, 3.63) is 65.2 Å². The highest BCUT2D eigenvalue weighted by Crippen LogP contribution is 2.20. The maximum atomic E-state index is 13.1. The van der Waals surface area contributed by atoms with E-state index in [1.54, 1.807) is 24.3 Å². The number of urea groups is 1. The molecular formula is C24H22F2N4O5. The summed E-state index contributed by atoms with van der Waals surface area (Å²) in [4.78, 5) is 35.3. The van der Waals surface area contributed by atoms with Gasteiger partial charge in [-0.05, 0) is 67.3 Å². The summed E-state index contributed by atoms with van der Waals surface area (Å²) in [6.07, 6.45) is -3.37. The van der Waals surface area contributed by atoms with Gasteiger partial charge in [0, 0.05) is 29.4 Å². The zero-order valence-corrected chi connectivity index (χ0v) is 18.6. The van der Waals surface area contributed by atoms with Crippen LogP contribution in [0.3, 0.4) is 0 Å². The molecule has 4 amide bonds. The van der Waals surface area contributed by atoms with Crippen molar-refractivity contribution >= 4 is 23.5 Å². The number of alkyl halides is 2. The van der Waals surface area contributed by atoms with E-state index < -0.39 is 29.9 Å². The van der Waals surface area contributed by atoms with Gasteiger partial charge in [-0.25, -0.2) is 19.1 Å². The largest absolute Gasteiger partial charge is 0.381 e. The molecule has 2 aromatic rings. The van der Waals surface area contributed by atoms with Crippen molar-refractivity contribution in [2.24, 2.45) is 0 Å². The van der Waals surface area contributed by atoms with Crippen molar-refractivity contribution < 1.29 is 33.5 Å². The van der Waals surface area contributed by atoms with E-state index in [-0.39, 0.29) is 11.6 Å². The van der Waals surface area contributed by atoms with Crippen molar-refractivity contribution in [3.8, 4) is 23.7 Å². The summed E-state index contributed by atoms with van der Waals surface area (Å²) in [7, 11) is 1.51. The first-order valence-electron chi connectivity index (χ1n) is 10.0. The zero-order valence-electron chi connectivity index (χ0n) is 18.6.